The van der Waals surface area contributed by atoms with Gasteiger partial charge in [-0.2, -0.15) is 0 Å². The average molecular weight is 409 g/mol. The van der Waals surface area contributed by atoms with Gasteiger partial charge in [0.2, 0.25) is 0 Å². The second-order valence-electron chi connectivity index (χ2n) is 6.56. The lowest BCUT2D eigenvalue weighted by atomic mass is 10.2. The topological polar surface area (TPSA) is 52.0 Å². The molecule has 2 heterocycles. The highest BCUT2D eigenvalue weighted by Gasteiger charge is 2.17. The Morgan fingerprint density at radius 3 is 2.64 bits per heavy atom. The molecule has 0 spiro atoms. The third-order valence-corrected chi connectivity index (χ3v) is 6.73. The van der Waals surface area contributed by atoms with Gasteiger partial charge < -0.3 is 0 Å². The summed E-state index contributed by atoms with van der Waals surface area (Å²) in [7, 11) is 0. The molecule has 0 fully saturated rings. The van der Waals surface area contributed by atoms with Crippen LogP contribution in [-0.2, 0) is 6.54 Å². The van der Waals surface area contributed by atoms with Crippen molar-refractivity contribution in [2.75, 3.05) is 5.75 Å². The molecule has 0 amide bonds. The maximum atomic E-state index is 13.2. The molecular formula is C22H20N2O2S2. The molecule has 4 rings (SSSR count). The van der Waals surface area contributed by atoms with Gasteiger partial charge in [0, 0.05) is 22.2 Å². The van der Waals surface area contributed by atoms with Crippen molar-refractivity contribution < 1.29 is 4.79 Å². The van der Waals surface area contributed by atoms with E-state index in [9.17, 15) is 9.59 Å². The quantitative estimate of drug-likeness (QED) is 0.234. The first-order chi connectivity index (χ1) is 13.7. The minimum atomic E-state index is -0.00527. The average Bonchev–Trinajstić information content (AvgIpc) is 3.11. The zero-order valence-corrected chi connectivity index (χ0v) is 17.2. The summed E-state index contributed by atoms with van der Waals surface area (Å²) in [4.78, 5) is 30.5. The predicted molar refractivity (Wildman–Crippen MR) is 118 cm³/mol. The molecule has 0 saturated heterocycles. The van der Waals surface area contributed by atoms with Crippen LogP contribution in [0.5, 0.6) is 0 Å². The fourth-order valence-corrected chi connectivity index (χ4v) is 5.12. The largest absolute Gasteiger partial charge is 0.293 e. The Bertz CT molecular complexity index is 1200. The number of Topliss-reactive ketones (excluding diaryl/α,β-unsaturated/α-hetero) is 1. The van der Waals surface area contributed by atoms with Gasteiger partial charge in [-0.15, -0.1) is 11.3 Å². The highest BCUT2D eigenvalue weighted by atomic mass is 32.2. The smallest absolute Gasteiger partial charge is 0.272 e. The van der Waals surface area contributed by atoms with Crippen LogP contribution in [0.4, 0.5) is 0 Å². The van der Waals surface area contributed by atoms with Crippen LogP contribution in [0.25, 0.3) is 20.3 Å². The first kappa shape index (κ1) is 18.9. The number of fused-ring (bicyclic) bond motifs is 3. The highest BCUT2D eigenvalue weighted by molar-refractivity contribution is 7.99. The van der Waals surface area contributed by atoms with E-state index in [2.05, 4.69) is 6.92 Å². The van der Waals surface area contributed by atoms with E-state index in [1.165, 1.54) is 23.1 Å². The molecule has 6 heteroatoms. The molecule has 0 aliphatic rings. The van der Waals surface area contributed by atoms with Gasteiger partial charge in [-0.25, -0.2) is 4.98 Å². The fourth-order valence-electron chi connectivity index (χ4n) is 3.11. The van der Waals surface area contributed by atoms with Crippen molar-refractivity contribution in [2.24, 2.45) is 0 Å². The number of aromatic nitrogens is 2. The lowest BCUT2D eigenvalue weighted by Gasteiger charge is -2.11. The van der Waals surface area contributed by atoms with Crippen LogP contribution in [0.2, 0.25) is 0 Å². The number of hydrogen-bond acceptors (Lipinski definition) is 5. The second-order valence-corrected chi connectivity index (χ2v) is 8.55. The molecule has 0 unspecified atom stereocenters. The van der Waals surface area contributed by atoms with Crippen LogP contribution < -0.4 is 5.56 Å². The second kappa shape index (κ2) is 8.29. The van der Waals surface area contributed by atoms with Gasteiger partial charge in [0.05, 0.1) is 11.3 Å². The summed E-state index contributed by atoms with van der Waals surface area (Å²) < 4.78 is 3.49. The van der Waals surface area contributed by atoms with Crippen molar-refractivity contribution in [2.45, 2.75) is 31.5 Å². The Kier molecular flexibility index (Phi) is 5.59. The lowest BCUT2D eigenvalue weighted by molar-refractivity contribution is 0.102. The molecule has 0 bridgehead atoms. The summed E-state index contributed by atoms with van der Waals surface area (Å²) in [5, 5.41) is 1.62. The van der Waals surface area contributed by atoms with Crippen LogP contribution in [0, 0.1) is 0 Å². The third-order valence-electron chi connectivity index (χ3n) is 4.61. The molecule has 0 radical (unpaired) electrons. The lowest BCUT2D eigenvalue weighted by Crippen LogP contribution is -2.23. The standard InChI is InChI=1S/C22H20N2O2S2/c1-2-3-13-24-21(26)20-19(16-11-7-8-12-18(16)28-20)23-22(24)27-14-17(25)15-9-5-4-6-10-15/h4-12H,2-3,13-14H2,1H3. The monoisotopic (exact) mass is 408 g/mol. The van der Waals surface area contributed by atoms with E-state index in [0.717, 1.165) is 28.4 Å². The number of thioether (sulfide) groups is 1. The predicted octanol–water partition coefficient (Wildman–Crippen LogP) is 5.39. The minimum absolute atomic E-state index is 0.00527. The van der Waals surface area contributed by atoms with E-state index >= 15 is 0 Å². The van der Waals surface area contributed by atoms with Gasteiger partial charge in [-0.3, -0.25) is 14.2 Å². The molecule has 0 atom stereocenters. The first-order valence-corrected chi connectivity index (χ1v) is 11.1. The van der Waals surface area contributed by atoms with Crippen LogP contribution in [0.1, 0.15) is 30.1 Å². The van der Waals surface area contributed by atoms with Gasteiger partial charge in [0.1, 0.15) is 4.70 Å². The number of carbonyl (C=O) groups excluding carboxylic acids is 1. The molecule has 0 saturated carbocycles. The fraction of sp³-hybridized carbons (Fsp3) is 0.227. The molecule has 4 nitrogen and oxygen atoms in total. The van der Waals surface area contributed by atoms with E-state index in [0.29, 0.717) is 22.0 Å². The van der Waals surface area contributed by atoms with Crippen molar-refractivity contribution in [3.05, 3.63) is 70.5 Å². The molecule has 0 N–H and O–H groups in total. The summed E-state index contributed by atoms with van der Waals surface area (Å²) in [6.45, 7) is 2.72. The number of nitrogens with zero attached hydrogens (tertiary/aromatic N) is 2. The summed E-state index contributed by atoms with van der Waals surface area (Å²) in [6.07, 6.45) is 1.89. The maximum Gasteiger partial charge on any atom is 0.272 e. The third kappa shape index (κ3) is 3.62. The molecule has 0 aliphatic carbocycles. The van der Waals surface area contributed by atoms with Gasteiger partial charge in [-0.05, 0) is 12.5 Å². The van der Waals surface area contributed by atoms with E-state index in [1.54, 1.807) is 4.57 Å². The molecule has 28 heavy (non-hydrogen) atoms. The summed E-state index contributed by atoms with van der Waals surface area (Å²) in [6, 6.07) is 17.2. The molecule has 0 aliphatic heterocycles. The van der Waals surface area contributed by atoms with Crippen molar-refractivity contribution in [3.8, 4) is 0 Å². The Balaban J connectivity index is 1.75. The molecular weight excluding hydrogens is 388 g/mol. The Morgan fingerprint density at radius 1 is 1.11 bits per heavy atom. The van der Waals surface area contributed by atoms with E-state index in [-0.39, 0.29) is 17.1 Å². The molecule has 2 aromatic heterocycles. The van der Waals surface area contributed by atoms with Gasteiger partial charge in [0.15, 0.2) is 10.9 Å². The van der Waals surface area contributed by atoms with Crippen LogP contribution in [0.3, 0.4) is 0 Å². The summed E-state index contributed by atoms with van der Waals surface area (Å²) in [5.41, 5.74) is 1.42. The number of hydrogen-bond donors (Lipinski definition) is 0. The Hall–Kier alpha value is -2.44. The Labute approximate surface area is 171 Å². The van der Waals surface area contributed by atoms with Crippen molar-refractivity contribution in [3.63, 3.8) is 0 Å². The van der Waals surface area contributed by atoms with Crippen molar-refractivity contribution in [1.29, 1.82) is 0 Å². The zero-order chi connectivity index (χ0) is 19.5. The summed E-state index contributed by atoms with van der Waals surface area (Å²) in [5.74, 6) is 0.299. The number of benzene rings is 2. The zero-order valence-electron chi connectivity index (χ0n) is 15.6. The first-order valence-electron chi connectivity index (χ1n) is 9.32. The molecule has 4 aromatic rings. The van der Waals surface area contributed by atoms with Gasteiger partial charge in [0.25, 0.3) is 5.56 Å². The number of carbonyl (C=O) groups is 1. The van der Waals surface area contributed by atoms with Gasteiger partial charge >= 0.3 is 0 Å². The molecule has 142 valence electrons. The van der Waals surface area contributed by atoms with E-state index in [1.807, 2.05) is 54.6 Å². The highest BCUT2D eigenvalue weighted by Crippen LogP contribution is 2.32. The van der Waals surface area contributed by atoms with Crippen LogP contribution in [0.15, 0.2) is 64.5 Å². The van der Waals surface area contributed by atoms with E-state index < -0.39 is 0 Å². The Morgan fingerprint density at radius 2 is 1.86 bits per heavy atom. The molecule has 2 aromatic carbocycles. The van der Waals surface area contributed by atoms with E-state index in [4.69, 9.17) is 4.98 Å². The van der Waals surface area contributed by atoms with Gasteiger partial charge in [-0.1, -0.05) is 73.6 Å². The van der Waals surface area contributed by atoms with Crippen LogP contribution >= 0.6 is 23.1 Å². The number of thiophene rings is 1. The summed E-state index contributed by atoms with van der Waals surface area (Å²) >= 11 is 2.84. The van der Waals surface area contributed by atoms with Crippen LogP contribution in [-0.4, -0.2) is 21.1 Å². The maximum absolute atomic E-state index is 13.2. The van der Waals surface area contributed by atoms with Crippen molar-refractivity contribution in [1.82, 2.24) is 9.55 Å². The number of ketones is 1. The number of unbranched alkanes of at least 4 members (excludes halogenated alkanes) is 1. The van der Waals surface area contributed by atoms with Crippen molar-refractivity contribution >= 4 is 49.2 Å². The minimum Gasteiger partial charge on any atom is -0.293 e. The normalized spacial score (nSPS) is 11.3. The number of rotatable bonds is 7. The SMILES string of the molecule is CCCCn1c(SCC(=O)c2ccccc2)nc2c(sc3ccccc32)c1=O.